The molecule has 0 bridgehead atoms. The third-order valence-corrected chi connectivity index (χ3v) is 8.71. The summed E-state index contributed by atoms with van der Waals surface area (Å²) in [5.74, 6) is -5.49. The average molecular weight is 663 g/mol. The van der Waals surface area contributed by atoms with Crippen LogP contribution in [-0.2, 0) is 9.59 Å². The number of carboxylic acid groups (broad SMARTS) is 1. The molecule has 0 radical (unpaired) electrons. The number of phenolic OH excluding ortho intramolecular Hbond substituents is 1. The summed E-state index contributed by atoms with van der Waals surface area (Å²) in [4.78, 5) is 67.2. The Bertz CT molecular complexity index is 1620. The monoisotopic (exact) mass is 662 g/mol. The van der Waals surface area contributed by atoms with Gasteiger partial charge in [0.2, 0.25) is 5.91 Å². The number of nitrogens with zero attached hydrogens (tertiary/aromatic N) is 4. The highest BCUT2D eigenvalue weighted by Gasteiger charge is 2.45. The van der Waals surface area contributed by atoms with Crippen molar-refractivity contribution in [1.29, 1.82) is 0 Å². The number of unbranched alkanes of at least 4 members (excludes halogenated alkanes) is 10. The second-order valence-electron chi connectivity index (χ2n) is 12.4. The van der Waals surface area contributed by atoms with E-state index in [-0.39, 0.29) is 34.3 Å². The van der Waals surface area contributed by atoms with E-state index < -0.39 is 46.8 Å². The molecule has 4 N–H and O–H groups in total. The number of aromatic carboxylic acids is 1. The molecule has 258 valence electrons. The number of H-pyrrole nitrogens is 1. The van der Waals surface area contributed by atoms with Crippen LogP contribution >= 0.6 is 0 Å². The first-order valence-corrected chi connectivity index (χ1v) is 17.1. The Kier molecular flexibility index (Phi) is 13.0. The Labute approximate surface area is 280 Å². The summed E-state index contributed by atoms with van der Waals surface area (Å²) >= 11 is 0. The highest BCUT2D eigenvalue weighted by molar-refractivity contribution is 6.18. The summed E-state index contributed by atoms with van der Waals surface area (Å²) < 4.78 is 0. The fraction of sp³-hybridized carbons (Fsp3) is 0.514. The van der Waals surface area contributed by atoms with Gasteiger partial charge in [0.25, 0.3) is 17.7 Å². The van der Waals surface area contributed by atoms with E-state index in [0.29, 0.717) is 23.0 Å². The van der Waals surface area contributed by atoms with E-state index in [1.54, 1.807) is 0 Å². The summed E-state index contributed by atoms with van der Waals surface area (Å²) in [6.07, 6.45) is 12.5. The number of aromatic nitrogens is 3. The number of amides is 4. The van der Waals surface area contributed by atoms with Gasteiger partial charge in [-0.05, 0) is 43.2 Å². The van der Waals surface area contributed by atoms with Crippen LogP contribution in [0.1, 0.15) is 135 Å². The number of carbonyl (C=O) groups is 5. The lowest BCUT2D eigenvalue weighted by Gasteiger charge is -2.31. The second-order valence-corrected chi connectivity index (χ2v) is 12.4. The first-order valence-electron chi connectivity index (χ1n) is 17.1. The fourth-order valence-corrected chi connectivity index (χ4v) is 6.00. The number of hydrazine groups is 1. The van der Waals surface area contributed by atoms with Crippen molar-refractivity contribution in [3.8, 4) is 5.75 Å². The van der Waals surface area contributed by atoms with E-state index in [9.17, 15) is 34.2 Å². The van der Waals surface area contributed by atoms with Crippen molar-refractivity contribution in [2.75, 3.05) is 11.6 Å². The lowest BCUT2D eigenvalue weighted by Crippen LogP contribution is -2.50. The van der Waals surface area contributed by atoms with Gasteiger partial charge in [0, 0.05) is 24.4 Å². The predicted molar refractivity (Wildman–Crippen MR) is 179 cm³/mol. The number of aromatic amines is 1. The molecular formula is C35H46N6O7. The van der Waals surface area contributed by atoms with Crippen molar-refractivity contribution in [2.24, 2.45) is 5.92 Å². The average Bonchev–Trinajstić information content (AvgIpc) is 3.65. The zero-order valence-electron chi connectivity index (χ0n) is 27.8. The topological polar surface area (TPSA) is 186 Å². The molecule has 3 aromatic rings. The Morgan fingerprint density at radius 3 is 2.12 bits per heavy atom. The fourth-order valence-electron chi connectivity index (χ4n) is 6.00. The van der Waals surface area contributed by atoms with E-state index in [1.807, 2.05) is 0 Å². The molecule has 2 aromatic carbocycles. The van der Waals surface area contributed by atoms with Gasteiger partial charge in [-0.1, -0.05) is 84.5 Å². The highest BCUT2D eigenvalue weighted by atomic mass is 16.4. The van der Waals surface area contributed by atoms with E-state index in [4.69, 9.17) is 0 Å². The van der Waals surface area contributed by atoms with Crippen LogP contribution in [0.25, 0.3) is 11.0 Å². The number of hydrogen-bond donors (Lipinski definition) is 4. The molecule has 4 rings (SSSR count). The summed E-state index contributed by atoms with van der Waals surface area (Å²) in [5.41, 5.74) is -0.696. The largest absolute Gasteiger partial charge is 0.506 e. The maximum Gasteiger partial charge on any atom is 0.336 e. The lowest BCUT2D eigenvalue weighted by atomic mass is 9.99. The van der Waals surface area contributed by atoms with Gasteiger partial charge in [-0.15, -0.1) is 0 Å². The minimum absolute atomic E-state index is 0.0831. The van der Waals surface area contributed by atoms with E-state index in [2.05, 4.69) is 34.6 Å². The molecule has 1 atom stereocenters. The summed E-state index contributed by atoms with van der Waals surface area (Å²) in [6.45, 7) is 4.70. The molecule has 0 aliphatic carbocycles. The van der Waals surface area contributed by atoms with Crippen LogP contribution in [0, 0.1) is 5.92 Å². The molecule has 1 aliphatic rings. The number of fused-ring (bicyclic) bond motifs is 1. The number of rotatable bonds is 19. The van der Waals surface area contributed by atoms with Crippen LogP contribution < -0.4 is 10.3 Å². The van der Waals surface area contributed by atoms with Crippen LogP contribution in [0.4, 0.5) is 5.69 Å². The zero-order chi connectivity index (χ0) is 34.6. The lowest BCUT2D eigenvalue weighted by molar-refractivity contribution is -0.139. The first kappa shape index (κ1) is 36.0. The van der Waals surface area contributed by atoms with E-state index >= 15 is 0 Å². The summed E-state index contributed by atoms with van der Waals surface area (Å²) in [7, 11) is 0. The van der Waals surface area contributed by atoms with E-state index in [0.717, 1.165) is 76.7 Å². The molecule has 1 unspecified atom stereocenters. The smallest absolute Gasteiger partial charge is 0.336 e. The number of anilines is 1. The Hall–Kier alpha value is -4.81. The molecular weight excluding hydrogens is 616 g/mol. The van der Waals surface area contributed by atoms with Crippen molar-refractivity contribution < 1.29 is 34.2 Å². The van der Waals surface area contributed by atoms with Crippen LogP contribution in [0.3, 0.4) is 0 Å². The molecule has 1 aromatic heterocycles. The van der Waals surface area contributed by atoms with Crippen molar-refractivity contribution in [3.05, 3.63) is 47.0 Å². The molecule has 1 fully saturated rings. The van der Waals surface area contributed by atoms with Crippen molar-refractivity contribution in [1.82, 2.24) is 25.7 Å². The van der Waals surface area contributed by atoms with E-state index in [1.165, 1.54) is 30.7 Å². The maximum atomic E-state index is 14.4. The normalized spacial score (nSPS) is 14.5. The minimum atomic E-state index is -1.45. The molecule has 48 heavy (non-hydrogen) atoms. The number of carbonyl (C=O) groups excluding carboxylic acids is 4. The number of phenols is 1. The van der Waals surface area contributed by atoms with Crippen LogP contribution in [-0.4, -0.2) is 66.8 Å². The molecule has 1 aliphatic heterocycles. The minimum Gasteiger partial charge on any atom is -0.506 e. The van der Waals surface area contributed by atoms with Crippen LogP contribution in [0.5, 0.6) is 5.75 Å². The van der Waals surface area contributed by atoms with Gasteiger partial charge in [-0.2, -0.15) is 20.4 Å². The van der Waals surface area contributed by atoms with Crippen molar-refractivity contribution >= 4 is 46.3 Å². The van der Waals surface area contributed by atoms with Crippen molar-refractivity contribution in [2.45, 2.75) is 104 Å². The quantitative estimate of drug-likeness (QED) is 0.0864. The van der Waals surface area contributed by atoms with Gasteiger partial charge in [-0.25, -0.2) is 9.80 Å². The third kappa shape index (κ3) is 8.75. The van der Waals surface area contributed by atoms with Gasteiger partial charge in [0.05, 0.1) is 11.1 Å². The number of benzene rings is 2. The maximum absolute atomic E-state index is 14.4. The van der Waals surface area contributed by atoms with Crippen LogP contribution in [0.2, 0.25) is 0 Å². The SMILES string of the molecule is CCCCCCCCNC(=O)c1ccc(O)c(N(C(=O)c2cc3n[nH]nc3cc2C(=O)O)N2C(=O)CC(CCCCCCCC)C2=O)c1. The highest BCUT2D eigenvalue weighted by Crippen LogP contribution is 2.36. The van der Waals surface area contributed by atoms with Crippen molar-refractivity contribution in [3.63, 3.8) is 0 Å². The molecule has 4 amide bonds. The molecule has 0 spiro atoms. The van der Waals surface area contributed by atoms with Gasteiger partial charge < -0.3 is 15.5 Å². The number of nitrogens with one attached hydrogen (secondary N) is 2. The first-order chi connectivity index (χ1) is 23.2. The van der Waals surface area contributed by atoms with Gasteiger partial charge in [0.1, 0.15) is 22.5 Å². The molecule has 2 heterocycles. The Balaban J connectivity index is 1.66. The molecule has 13 nitrogen and oxygen atoms in total. The van der Waals surface area contributed by atoms with Gasteiger partial charge in [-0.3, -0.25) is 19.2 Å². The Morgan fingerprint density at radius 1 is 0.875 bits per heavy atom. The molecule has 0 saturated carbocycles. The van der Waals surface area contributed by atoms with Gasteiger partial charge >= 0.3 is 5.97 Å². The van der Waals surface area contributed by atoms with Gasteiger partial charge in [0.15, 0.2) is 0 Å². The number of imide groups is 1. The van der Waals surface area contributed by atoms with Crippen LogP contribution in [0.15, 0.2) is 30.3 Å². The summed E-state index contributed by atoms with van der Waals surface area (Å²) in [6, 6.07) is 6.16. The second kappa shape index (κ2) is 17.4. The predicted octanol–water partition coefficient (Wildman–Crippen LogP) is 6.14. The number of aromatic hydroxyl groups is 1. The summed E-state index contributed by atoms with van der Waals surface area (Å²) in [5, 5.41) is 35.5. The molecule has 1 saturated heterocycles. The number of carboxylic acids is 1. The zero-order valence-corrected chi connectivity index (χ0v) is 27.8. The Morgan fingerprint density at radius 2 is 1.48 bits per heavy atom. The number of hydrogen-bond acceptors (Lipinski definition) is 8. The third-order valence-electron chi connectivity index (χ3n) is 8.71. The standard InChI is InChI=1S/C35H46N6O7/c1-3-5-7-9-11-13-15-24-20-31(43)41(33(24)45)40(34(46)25-21-27-28(38-39-37-27)22-26(25)35(47)48)29-19-23(16-17-30(29)42)32(44)36-18-14-12-10-8-6-4-2/h16-17,19,21-22,24,42H,3-15,18,20H2,1-2H3,(H,36,44)(H,47,48)(H,37,38,39). The molecule has 13 heteroatoms.